The number of rotatable bonds is 6. The molecule has 4 heteroatoms. The number of nitrogens with one attached hydrogen (secondary N) is 1. The molecular weight excluding hydrogens is 184 g/mol. The van der Waals surface area contributed by atoms with Crippen LogP contribution in [0.15, 0.2) is 0 Å². The molecule has 0 bridgehead atoms. The molecule has 2 atom stereocenters. The summed E-state index contributed by atoms with van der Waals surface area (Å²) in [6.45, 7) is 4.57. The average molecular weight is 204 g/mol. The number of hydrogen-bond acceptors (Lipinski definition) is 3. The van der Waals surface area contributed by atoms with E-state index in [1.807, 2.05) is 20.1 Å². The van der Waals surface area contributed by atoms with Crippen LogP contribution >= 0.6 is 11.8 Å². The molecule has 0 radical (unpaired) electrons. The second-order valence-corrected chi connectivity index (χ2v) is 4.32. The summed E-state index contributed by atoms with van der Waals surface area (Å²) in [5.41, 5.74) is 5.56. The number of carbonyl (C=O) groups excluding carboxylic acids is 1. The number of amides is 1. The van der Waals surface area contributed by atoms with Gasteiger partial charge in [0.25, 0.3) is 0 Å². The molecule has 3 N–H and O–H groups in total. The molecule has 13 heavy (non-hydrogen) atoms. The van der Waals surface area contributed by atoms with E-state index in [2.05, 4.69) is 5.32 Å². The summed E-state index contributed by atoms with van der Waals surface area (Å²) < 4.78 is 0. The highest BCUT2D eigenvalue weighted by Crippen LogP contribution is 2.03. The van der Waals surface area contributed by atoms with Gasteiger partial charge < -0.3 is 11.1 Å². The number of nitrogens with two attached hydrogens (primary N) is 1. The average Bonchev–Trinajstić information content (AvgIpc) is 2.04. The van der Waals surface area contributed by atoms with Gasteiger partial charge in [0.15, 0.2) is 0 Å². The number of thioether (sulfide) groups is 1. The second-order valence-electron chi connectivity index (χ2n) is 3.41. The Labute approximate surface area is 84.8 Å². The Morgan fingerprint density at radius 2 is 2.15 bits per heavy atom. The van der Waals surface area contributed by atoms with Crippen molar-refractivity contribution in [2.75, 3.05) is 18.6 Å². The van der Waals surface area contributed by atoms with Gasteiger partial charge in [0.1, 0.15) is 0 Å². The number of carbonyl (C=O) groups is 1. The van der Waals surface area contributed by atoms with E-state index in [0.717, 1.165) is 12.2 Å². The van der Waals surface area contributed by atoms with E-state index in [-0.39, 0.29) is 17.9 Å². The van der Waals surface area contributed by atoms with Gasteiger partial charge in [-0.25, -0.2) is 0 Å². The van der Waals surface area contributed by atoms with Crippen LogP contribution in [0.2, 0.25) is 0 Å². The smallest absolute Gasteiger partial charge is 0.223 e. The number of hydrogen-bond donors (Lipinski definition) is 2. The van der Waals surface area contributed by atoms with Gasteiger partial charge in [-0.3, -0.25) is 4.79 Å². The van der Waals surface area contributed by atoms with Gasteiger partial charge in [0.05, 0.1) is 0 Å². The fraction of sp³-hybridized carbons (Fsp3) is 0.889. The molecule has 0 aromatic carbocycles. The lowest BCUT2D eigenvalue weighted by atomic mass is 10.2. The maximum absolute atomic E-state index is 11.3. The highest BCUT2D eigenvalue weighted by atomic mass is 32.2. The molecule has 0 rings (SSSR count). The molecule has 1 amide bonds. The predicted molar refractivity (Wildman–Crippen MR) is 58.8 cm³/mol. The van der Waals surface area contributed by atoms with Crippen LogP contribution in [0.4, 0.5) is 0 Å². The van der Waals surface area contributed by atoms with Crippen LogP contribution in [-0.4, -0.2) is 30.5 Å². The maximum Gasteiger partial charge on any atom is 0.223 e. The molecule has 3 nitrogen and oxygen atoms in total. The molecule has 0 aromatic rings. The molecule has 0 spiro atoms. The molecule has 0 aromatic heterocycles. The topological polar surface area (TPSA) is 55.1 Å². The second kappa shape index (κ2) is 7.21. The van der Waals surface area contributed by atoms with Gasteiger partial charge in [-0.2, -0.15) is 11.8 Å². The predicted octanol–water partition coefficient (Wildman–Crippen LogP) is 0.839. The van der Waals surface area contributed by atoms with Crippen molar-refractivity contribution in [2.45, 2.75) is 26.3 Å². The SMILES string of the molecule is CSCC(C)C(=O)NCCC(C)N. The van der Waals surface area contributed by atoms with Gasteiger partial charge in [-0.05, 0) is 19.6 Å². The first-order valence-electron chi connectivity index (χ1n) is 4.60. The fourth-order valence-electron chi connectivity index (χ4n) is 0.923. The van der Waals surface area contributed by atoms with Crippen LogP contribution in [0, 0.1) is 5.92 Å². The maximum atomic E-state index is 11.3. The van der Waals surface area contributed by atoms with Crippen LogP contribution < -0.4 is 11.1 Å². The van der Waals surface area contributed by atoms with Crippen molar-refractivity contribution >= 4 is 17.7 Å². The minimum Gasteiger partial charge on any atom is -0.356 e. The van der Waals surface area contributed by atoms with E-state index in [4.69, 9.17) is 5.73 Å². The molecule has 78 valence electrons. The zero-order valence-corrected chi connectivity index (χ0v) is 9.49. The van der Waals surface area contributed by atoms with Gasteiger partial charge in [-0.1, -0.05) is 6.92 Å². The summed E-state index contributed by atoms with van der Waals surface area (Å²) in [4.78, 5) is 11.3. The zero-order valence-electron chi connectivity index (χ0n) is 8.67. The van der Waals surface area contributed by atoms with Gasteiger partial charge in [-0.15, -0.1) is 0 Å². The van der Waals surface area contributed by atoms with Crippen LogP contribution in [0.1, 0.15) is 20.3 Å². The largest absolute Gasteiger partial charge is 0.356 e. The molecule has 0 aliphatic rings. The highest BCUT2D eigenvalue weighted by molar-refractivity contribution is 7.98. The van der Waals surface area contributed by atoms with E-state index in [9.17, 15) is 4.79 Å². The molecule has 2 unspecified atom stereocenters. The lowest BCUT2D eigenvalue weighted by molar-refractivity contribution is -0.123. The zero-order chi connectivity index (χ0) is 10.3. The Kier molecular flexibility index (Phi) is 7.09. The van der Waals surface area contributed by atoms with E-state index >= 15 is 0 Å². The molecule has 0 saturated carbocycles. The van der Waals surface area contributed by atoms with Crippen molar-refractivity contribution < 1.29 is 4.79 Å². The molecule has 0 heterocycles. The Balaban J connectivity index is 3.50. The van der Waals surface area contributed by atoms with E-state index in [0.29, 0.717) is 6.54 Å². The first kappa shape index (κ1) is 12.8. The summed E-state index contributed by atoms with van der Waals surface area (Å²) in [6.07, 6.45) is 2.85. The van der Waals surface area contributed by atoms with Gasteiger partial charge in [0, 0.05) is 24.3 Å². The standard InChI is InChI=1S/C9H20N2OS/c1-7(6-13-3)9(12)11-5-4-8(2)10/h7-8H,4-6,10H2,1-3H3,(H,11,12). The van der Waals surface area contributed by atoms with Crippen molar-refractivity contribution in [3.05, 3.63) is 0 Å². The summed E-state index contributed by atoms with van der Waals surface area (Å²) >= 11 is 1.69. The third kappa shape index (κ3) is 6.90. The lowest BCUT2D eigenvalue weighted by Crippen LogP contribution is -2.33. The minimum absolute atomic E-state index is 0.100. The van der Waals surface area contributed by atoms with E-state index < -0.39 is 0 Å². The summed E-state index contributed by atoms with van der Waals surface area (Å²) in [5, 5.41) is 2.87. The van der Waals surface area contributed by atoms with Gasteiger partial charge in [0.2, 0.25) is 5.91 Å². The van der Waals surface area contributed by atoms with Crippen molar-refractivity contribution in [3.8, 4) is 0 Å². The third-order valence-electron chi connectivity index (χ3n) is 1.76. The molecule has 0 aliphatic carbocycles. The Morgan fingerprint density at radius 1 is 1.54 bits per heavy atom. The molecule has 0 aliphatic heterocycles. The summed E-state index contributed by atoms with van der Waals surface area (Å²) in [7, 11) is 0. The van der Waals surface area contributed by atoms with Crippen molar-refractivity contribution in [1.82, 2.24) is 5.32 Å². The fourth-order valence-corrected chi connectivity index (χ4v) is 1.57. The lowest BCUT2D eigenvalue weighted by Gasteiger charge is -2.11. The first-order valence-corrected chi connectivity index (χ1v) is 5.99. The van der Waals surface area contributed by atoms with E-state index in [1.54, 1.807) is 11.8 Å². The van der Waals surface area contributed by atoms with Crippen molar-refractivity contribution in [2.24, 2.45) is 11.7 Å². The highest BCUT2D eigenvalue weighted by Gasteiger charge is 2.10. The van der Waals surface area contributed by atoms with Crippen molar-refractivity contribution in [3.63, 3.8) is 0 Å². The van der Waals surface area contributed by atoms with Crippen LogP contribution in [0.5, 0.6) is 0 Å². The Hall–Kier alpha value is -0.220. The molecule has 0 saturated heterocycles. The van der Waals surface area contributed by atoms with E-state index in [1.165, 1.54) is 0 Å². The van der Waals surface area contributed by atoms with Crippen LogP contribution in [0.3, 0.4) is 0 Å². The normalized spacial score (nSPS) is 15.1. The summed E-state index contributed by atoms with van der Waals surface area (Å²) in [6, 6.07) is 0.163. The monoisotopic (exact) mass is 204 g/mol. The third-order valence-corrected chi connectivity index (χ3v) is 2.60. The minimum atomic E-state index is 0.100. The quantitative estimate of drug-likeness (QED) is 0.674. The Bertz CT molecular complexity index is 151. The van der Waals surface area contributed by atoms with Crippen molar-refractivity contribution in [1.29, 1.82) is 0 Å². The molecule has 0 fully saturated rings. The molecular formula is C9H20N2OS. The van der Waals surface area contributed by atoms with Crippen LogP contribution in [0.25, 0.3) is 0 Å². The van der Waals surface area contributed by atoms with Crippen LogP contribution in [-0.2, 0) is 4.79 Å². The Morgan fingerprint density at radius 3 is 2.62 bits per heavy atom. The van der Waals surface area contributed by atoms with Gasteiger partial charge >= 0.3 is 0 Å². The first-order chi connectivity index (χ1) is 6.07. The summed E-state index contributed by atoms with van der Waals surface area (Å²) in [5.74, 6) is 1.11.